The molecule has 0 fully saturated rings. The second-order valence-electron chi connectivity index (χ2n) is 7.96. The van der Waals surface area contributed by atoms with Crippen molar-refractivity contribution in [2.45, 2.75) is 26.7 Å². The maximum absolute atomic E-state index is 13.0. The van der Waals surface area contributed by atoms with Crippen LogP contribution in [0.2, 0.25) is 0 Å². The van der Waals surface area contributed by atoms with Crippen molar-refractivity contribution in [3.05, 3.63) is 94.6 Å². The van der Waals surface area contributed by atoms with Crippen molar-refractivity contribution in [3.63, 3.8) is 0 Å². The predicted octanol–water partition coefficient (Wildman–Crippen LogP) is 6.27. The van der Waals surface area contributed by atoms with Crippen molar-refractivity contribution in [1.82, 2.24) is 9.97 Å². The van der Waals surface area contributed by atoms with Crippen LogP contribution in [0.5, 0.6) is 11.8 Å². The van der Waals surface area contributed by atoms with Crippen LogP contribution in [0.15, 0.2) is 72.4 Å². The third-order valence-electron chi connectivity index (χ3n) is 5.17. The Bertz CT molecular complexity index is 1300. The number of hydrogen-bond acceptors (Lipinski definition) is 6. The van der Waals surface area contributed by atoms with Gasteiger partial charge >= 0.3 is 6.01 Å². The van der Waals surface area contributed by atoms with Crippen LogP contribution >= 0.6 is 11.3 Å². The van der Waals surface area contributed by atoms with Gasteiger partial charge in [-0.15, -0.1) is 11.3 Å². The Morgan fingerprint density at radius 1 is 0.941 bits per heavy atom. The van der Waals surface area contributed by atoms with Crippen molar-refractivity contribution in [2.24, 2.45) is 0 Å². The first-order valence-electron chi connectivity index (χ1n) is 10.8. The maximum atomic E-state index is 13.0. The minimum Gasteiger partial charge on any atom is -0.424 e. The summed E-state index contributed by atoms with van der Waals surface area (Å²) in [6.45, 7) is 6.07. The average molecular weight is 473 g/mol. The summed E-state index contributed by atoms with van der Waals surface area (Å²) in [5.41, 5.74) is 3.55. The molecule has 0 aliphatic rings. The number of nitrogens with one attached hydrogen (secondary N) is 2. The highest BCUT2D eigenvalue weighted by molar-refractivity contribution is 7.14. The number of nitrogens with zero attached hydrogens (tertiary/aromatic N) is 2. The Morgan fingerprint density at radius 3 is 2.35 bits per heavy atom. The highest BCUT2D eigenvalue weighted by Gasteiger charge is 2.17. The molecule has 0 unspecified atom stereocenters. The summed E-state index contributed by atoms with van der Waals surface area (Å²) >= 11 is 1.30. The number of carbonyl (C=O) groups excluding carboxylic acids is 2. The van der Waals surface area contributed by atoms with E-state index in [-0.39, 0.29) is 17.8 Å². The fraction of sp³-hybridized carbons (Fsp3) is 0.154. The molecule has 2 aromatic heterocycles. The number of aromatic nitrogens is 2. The topological polar surface area (TPSA) is 93.2 Å². The quantitative estimate of drug-likeness (QED) is 0.331. The molecule has 7 nitrogen and oxygen atoms in total. The summed E-state index contributed by atoms with van der Waals surface area (Å²) in [4.78, 5) is 33.7. The van der Waals surface area contributed by atoms with Crippen LogP contribution in [-0.2, 0) is 0 Å². The smallest absolute Gasteiger partial charge is 0.321 e. The van der Waals surface area contributed by atoms with Gasteiger partial charge in [0.25, 0.3) is 11.8 Å². The number of aryl methyl sites for hydroxylation is 1. The summed E-state index contributed by atoms with van der Waals surface area (Å²) in [6, 6.07) is 16.4. The Kier molecular flexibility index (Phi) is 6.98. The molecule has 2 heterocycles. The van der Waals surface area contributed by atoms with Crippen molar-refractivity contribution in [3.8, 4) is 11.8 Å². The Balaban J connectivity index is 1.43. The first-order chi connectivity index (χ1) is 16.4. The van der Waals surface area contributed by atoms with E-state index in [0.29, 0.717) is 33.5 Å². The van der Waals surface area contributed by atoms with Crippen LogP contribution in [0.3, 0.4) is 0 Å². The minimum atomic E-state index is -0.310. The van der Waals surface area contributed by atoms with Gasteiger partial charge in [-0.05, 0) is 71.8 Å². The number of benzene rings is 2. The number of carbonyl (C=O) groups is 2. The first-order valence-corrected chi connectivity index (χ1v) is 11.6. The normalized spacial score (nSPS) is 10.7. The van der Waals surface area contributed by atoms with Crippen LogP contribution < -0.4 is 15.4 Å². The van der Waals surface area contributed by atoms with Gasteiger partial charge in [0.05, 0.1) is 5.56 Å². The highest BCUT2D eigenvalue weighted by Crippen LogP contribution is 2.28. The molecule has 2 N–H and O–H groups in total. The van der Waals surface area contributed by atoms with Crippen molar-refractivity contribution < 1.29 is 14.3 Å². The van der Waals surface area contributed by atoms with E-state index >= 15 is 0 Å². The zero-order chi connectivity index (χ0) is 24.1. The Hall–Kier alpha value is -4.04. The van der Waals surface area contributed by atoms with Gasteiger partial charge in [-0.2, -0.15) is 0 Å². The number of rotatable bonds is 7. The molecule has 0 atom stereocenters. The van der Waals surface area contributed by atoms with E-state index in [0.717, 1.165) is 11.1 Å². The van der Waals surface area contributed by atoms with Gasteiger partial charge in [-0.25, -0.2) is 9.97 Å². The molecule has 0 saturated heterocycles. The summed E-state index contributed by atoms with van der Waals surface area (Å²) < 4.78 is 5.64. The number of hydrogen-bond donors (Lipinski definition) is 2. The van der Waals surface area contributed by atoms with Gasteiger partial charge in [0.1, 0.15) is 10.8 Å². The van der Waals surface area contributed by atoms with Crippen LogP contribution in [0.25, 0.3) is 0 Å². The van der Waals surface area contributed by atoms with Crippen LogP contribution in [0.4, 0.5) is 10.7 Å². The molecule has 34 heavy (non-hydrogen) atoms. The zero-order valence-corrected chi connectivity index (χ0v) is 19.8. The summed E-state index contributed by atoms with van der Waals surface area (Å²) in [6.07, 6.45) is 3.20. The highest BCUT2D eigenvalue weighted by atomic mass is 32.1. The van der Waals surface area contributed by atoms with Gasteiger partial charge in [-0.1, -0.05) is 26.0 Å². The summed E-state index contributed by atoms with van der Waals surface area (Å²) in [5, 5.41) is 8.03. The lowest BCUT2D eigenvalue weighted by Crippen LogP contribution is -2.17. The fourth-order valence-electron chi connectivity index (χ4n) is 3.25. The third-order valence-corrected chi connectivity index (χ3v) is 6.00. The number of amides is 2. The lowest BCUT2D eigenvalue weighted by atomic mass is 10.0. The zero-order valence-electron chi connectivity index (χ0n) is 19.0. The molecule has 0 aliphatic heterocycles. The van der Waals surface area contributed by atoms with E-state index in [9.17, 15) is 9.59 Å². The number of anilines is 2. The molecule has 2 amide bonds. The van der Waals surface area contributed by atoms with Crippen molar-refractivity contribution >= 4 is 33.8 Å². The second kappa shape index (κ2) is 10.3. The van der Waals surface area contributed by atoms with Gasteiger partial charge < -0.3 is 15.4 Å². The van der Waals surface area contributed by atoms with Crippen LogP contribution in [0.1, 0.15) is 51.6 Å². The third kappa shape index (κ3) is 5.47. The molecule has 0 aliphatic carbocycles. The number of thiophene rings is 1. The largest absolute Gasteiger partial charge is 0.424 e. The molecular weight excluding hydrogens is 448 g/mol. The molecule has 0 radical (unpaired) electrons. The average Bonchev–Trinajstić information content (AvgIpc) is 3.29. The van der Waals surface area contributed by atoms with E-state index in [1.54, 1.807) is 60.2 Å². The summed E-state index contributed by atoms with van der Waals surface area (Å²) in [5.74, 6) is 0.386. The monoisotopic (exact) mass is 472 g/mol. The molecule has 4 rings (SSSR count). The van der Waals surface area contributed by atoms with Gasteiger partial charge in [0, 0.05) is 23.6 Å². The molecule has 0 spiro atoms. The number of ether oxygens (including phenoxy) is 1. The minimum absolute atomic E-state index is 0.246. The summed E-state index contributed by atoms with van der Waals surface area (Å²) in [7, 11) is 0. The van der Waals surface area contributed by atoms with Gasteiger partial charge in [-0.3, -0.25) is 9.59 Å². The molecule has 8 heteroatoms. The van der Waals surface area contributed by atoms with Crippen LogP contribution in [-0.4, -0.2) is 21.8 Å². The maximum Gasteiger partial charge on any atom is 0.321 e. The predicted molar refractivity (Wildman–Crippen MR) is 134 cm³/mol. The Labute approximate surface area is 201 Å². The van der Waals surface area contributed by atoms with E-state index in [2.05, 4.69) is 34.4 Å². The van der Waals surface area contributed by atoms with Crippen LogP contribution in [0, 0.1) is 6.92 Å². The van der Waals surface area contributed by atoms with Gasteiger partial charge in [0.2, 0.25) is 0 Å². The standard InChI is InChI=1S/C26H24N4O3S/c1-16(2)18-5-7-19(8-6-18)23(31)30-25-21(11-14-34-25)24(32)29-22-10-9-20(15-17(22)3)33-26-27-12-4-13-28-26/h4-16H,1-3H3,(H,29,32)(H,30,31). The SMILES string of the molecule is Cc1cc(Oc2ncccn2)ccc1NC(=O)c1ccsc1NC(=O)c1ccc(C(C)C)cc1. The molecule has 0 bridgehead atoms. The molecule has 0 saturated carbocycles. The lowest BCUT2D eigenvalue weighted by Gasteiger charge is -2.11. The first kappa shape index (κ1) is 23.1. The van der Waals surface area contributed by atoms with E-state index < -0.39 is 0 Å². The van der Waals surface area contributed by atoms with Gasteiger partial charge in [0.15, 0.2) is 0 Å². The van der Waals surface area contributed by atoms with E-state index in [1.165, 1.54) is 11.3 Å². The fourth-order valence-corrected chi connectivity index (χ4v) is 4.03. The van der Waals surface area contributed by atoms with Crippen molar-refractivity contribution in [2.75, 3.05) is 10.6 Å². The van der Waals surface area contributed by atoms with E-state index in [1.807, 2.05) is 19.1 Å². The van der Waals surface area contributed by atoms with Crippen molar-refractivity contribution in [1.29, 1.82) is 0 Å². The Morgan fingerprint density at radius 2 is 1.68 bits per heavy atom. The molecule has 4 aromatic rings. The van der Waals surface area contributed by atoms with E-state index in [4.69, 9.17) is 4.74 Å². The molecule has 172 valence electrons. The molecular formula is C26H24N4O3S. The lowest BCUT2D eigenvalue weighted by molar-refractivity contribution is 0.102. The second-order valence-corrected chi connectivity index (χ2v) is 8.87. The molecule has 2 aromatic carbocycles.